The van der Waals surface area contributed by atoms with Crippen LogP contribution in [-0.2, 0) is 0 Å². The maximum atomic E-state index is 10.6. The molecule has 0 saturated heterocycles. The maximum absolute atomic E-state index is 10.6. The number of nitrogens with zero attached hydrogens (tertiary/aromatic N) is 1. The average molecular weight is 307 g/mol. The van der Waals surface area contributed by atoms with Crippen molar-refractivity contribution in [1.82, 2.24) is 5.32 Å². The first kappa shape index (κ1) is 15.3. The van der Waals surface area contributed by atoms with Gasteiger partial charge in [-0.2, -0.15) is 0 Å². The van der Waals surface area contributed by atoms with Crippen molar-refractivity contribution in [3.63, 3.8) is 0 Å². The summed E-state index contributed by atoms with van der Waals surface area (Å²) in [6.07, 6.45) is 0. The normalized spacial score (nSPS) is 12.0. The Kier molecular flexibility index (Phi) is 4.77. The fraction of sp³-hybridized carbons (Fsp3) is 0.200. The summed E-state index contributed by atoms with van der Waals surface area (Å²) in [4.78, 5) is 10.1. The molecular weight excluding hydrogens is 292 g/mol. The molecule has 5 nitrogen and oxygen atoms in total. The van der Waals surface area contributed by atoms with Crippen LogP contribution < -0.4 is 10.1 Å². The third-order valence-electron chi connectivity index (χ3n) is 3.16. The third-order valence-corrected chi connectivity index (χ3v) is 3.46. The van der Waals surface area contributed by atoms with Gasteiger partial charge >= 0.3 is 0 Å². The standard InChI is InChI=1S/C15H15ClN2O3/c1-10(17-2)11-3-8-15(14(16)9-11)21-13-6-4-12(5-7-13)18(19)20/h3-10,17H,1-2H3. The highest BCUT2D eigenvalue weighted by Gasteiger charge is 2.09. The Hall–Kier alpha value is -2.11. The van der Waals surface area contributed by atoms with Gasteiger partial charge in [0.15, 0.2) is 0 Å². The van der Waals surface area contributed by atoms with Crippen LogP contribution in [0.2, 0.25) is 5.02 Å². The molecule has 0 aliphatic heterocycles. The molecule has 0 spiro atoms. The molecule has 2 rings (SSSR count). The van der Waals surface area contributed by atoms with Gasteiger partial charge in [0.1, 0.15) is 11.5 Å². The van der Waals surface area contributed by atoms with E-state index in [2.05, 4.69) is 5.32 Å². The van der Waals surface area contributed by atoms with E-state index in [-0.39, 0.29) is 11.7 Å². The molecule has 0 bridgehead atoms. The number of nitrogens with one attached hydrogen (secondary N) is 1. The number of nitro groups is 1. The van der Waals surface area contributed by atoms with Crippen molar-refractivity contribution in [1.29, 1.82) is 0 Å². The quantitative estimate of drug-likeness (QED) is 0.660. The largest absolute Gasteiger partial charge is 0.456 e. The molecule has 6 heteroatoms. The summed E-state index contributed by atoms with van der Waals surface area (Å²) >= 11 is 6.20. The molecule has 0 radical (unpaired) electrons. The number of non-ortho nitro benzene ring substituents is 1. The van der Waals surface area contributed by atoms with Crippen molar-refractivity contribution >= 4 is 17.3 Å². The van der Waals surface area contributed by atoms with Gasteiger partial charge in [-0.25, -0.2) is 0 Å². The highest BCUT2D eigenvalue weighted by atomic mass is 35.5. The molecule has 2 aromatic carbocycles. The average Bonchev–Trinajstić information content (AvgIpc) is 2.49. The summed E-state index contributed by atoms with van der Waals surface area (Å²) in [5.74, 6) is 1.01. The minimum Gasteiger partial charge on any atom is -0.456 e. The lowest BCUT2D eigenvalue weighted by Crippen LogP contribution is -2.12. The van der Waals surface area contributed by atoms with Crippen LogP contribution >= 0.6 is 11.6 Å². The molecule has 0 heterocycles. The van der Waals surface area contributed by atoms with Gasteiger partial charge in [0.2, 0.25) is 0 Å². The highest BCUT2D eigenvalue weighted by Crippen LogP contribution is 2.32. The van der Waals surface area contributed by atoms with Gasteiger partial charge in [-0.3, -0.25) is 10.1 Å². The van der Waals surface area contributed by atoms with Gasteiger partial charge < -0.3 is 10.1 Å². The fourth-order valence-corrected chi connectivity index (χ4v) is 2.03. The Morgan fingerprint density at radius 1 is 1.24 bits per heavy atom. The zero-order valence-electron chi connectivity index (χ0n) is 11.7. The first-order valence-electron chi connectivity index (χ1n) is 6.40. The molecule has 21 heavy (non-hydrogen) atoms. The fourth-order valence-electron chi connectivity index (χ4n) is 1.80. The first-order chi connectivity index (χ1) is 10.0. The van der Waals surface area contributed by atoms with Crippen LogP contribution in [0.1, 0.15) is 18.5 Å². The van der Waals surface area contributed by atoms with E-state index >= 15 is 0 Å². The van der Waals surface area contributed by atoms with Gasteiger partial charge in [0, 0.05) is 18.2 Å². The molecule has 0 aliphatic rings. The van der Waals surface area contributed by atoms with E-state index in [1.54, 1.807) is 18.2 Å². The van der Waals surface area contributed by atoms with Crippen LogP contribution in [0.15, 0.2) is 42.5 Å². The molecule has 0 aliphatic carbocycles. The lowest BCUT2D eigenvalue weighted by Gasteiger charge is -2.13. The summed E-state index contributed by atoms with van der Waals surface area (Å²) in [6, 6.07) is 11.6. The van der Waals surface area contributed by atoms with Crippen LogP contribution in [0.4, 0.5) is 5.69 Å². The Morgan fingerprint density at radius 2 is 1.90 bits per heavy atom. The number of ether oxygens (including phenoxy) is 1. The monoisotopic (exact) mass is 306 g/mol. The van der Waals surface area contributed by atoms with E-state index in [9.17, 15) is 10.1 Å². The second-order valence-corrected chi connectivity index (χ2v) is 4.96. The van der Waals surface area contributed by atoms with Gasteiger partial charge in [0.05, 0.1) is 9.95 Å². The smallest absolute Gasteiger partial charge is 0.269 e. The van der Waals surface area contributed by atoms with Crippen molar-refractivity contribution in [3.05, 3.63) is 63.2 Å². The number of nitro benzene ring substituents is 1. The summed E-state index contributed by atoms with van der Waals surface area (Å²) in [5.41, 5.74) is 1.07. The van der Waals surface area contributed by atoms with Crippen molar-refractivity contribution in [2.45, 2.75) is 13.0 Å². The maximum Gasteiger partial charge on any atom is 0.269 e. The minimum atomic E-state index is -0.454. The minimum absolute atomic E-state index is 0.0200. The van der Waals surface area contributed by atoms with Gasteiger partial charge in [-0.15, -0.1) is 0 Å². The number of rotatable bonds is 5. The summed E-state index contributed by atoms with van der Waals surface area (Å²) < 4.78 is 5.64. The van der Waals surface area contributed by atoms with Crippen molar-refractivity contribution in [2.24, 2.45) is 0 Å². The Bertz CT molecular complexity index is 644. The zero-order chi connectivity index (χ0) is 15.4. The van der Waals surface area contributed by atoms with E-state index in [4.69, 9.17) is 16.3 Å². The lowest BCUT2D eigenvalue weighted by molar-refractivity contribution is -0.384. The van der Waals surface area contributed by atoms with Crippen LogP contribution in [-0.4, -0.2) is 12.0 Å². The van der Waals surface area contributed by atoms with E-state index in [0.717, 1.165) is 5.56 Å². The Labute approximate surface area is 127 Å². The second-order valence-electron chi connectivity index (χ2n) is 4.55. The van der Waals surface area contributed by atoms with Gasteiger partial charge in [0.25, 0.3) is 5.69 Å². The van der Waals surface area contributed by atoms with Crippen molar-refractivity contribution in [3.8, 4) is 11.5 Å². The van der Waals surface area contributed by atoms with Gasteiger partial charge in [-0.1, -0.05) is 17.7 Å². The molecule has 1 unspecified atom stereocenters. The third kappa shape index (κ3) is 3.71. The summed E-state index contributed by atoms with van der Waals surface area (Å²) in [6.45, 7) is 2.03. The highest BCUT2D eigenvalue weighted by molar-refractivity contribution is 6.32. The summed E-state index contributed by atoms with van der Waals surface area (Å²) in [7, 11) is 1.87. The van der Waals surface area contributed by atoms with Crippen molar-refractivity contribution < 1.29 is 9.66 Å². The Morgan fingerprint density at radius 3 is 2.43 bits per heavy atom. The molecule has 0 saturated carbocycles. The molecule has 1 atom stereocenters. The van der Waals surface area contributed by atoms with E-state index < -0.39 is 4.92 Å². The van der Waals surface area contributed by atoms with E-state index in [1.165, 1.54) is 12.1 Å². The second kappa shape index (κ2) is 6.56. The van der Waals surface area contributed by atoms with Crippen LogP contribution in [0.3, 0.4) is 0 Å². The van der Waals surface area contributed by atoms with Crippen LogP contribution in [0.25, 0.3) is 0 Å². The predicted molar refractivity (Wildman–Crippen MR) is 82.1 cm³/mol. The molecule has 2 aromatic rings. The summed E-state index contributed by atoms with van der Waals surface area (Å²) in [5, 5.41) is 14.2. The van der Waals surface area contributed by atoms with E-state index in [0.29, 0.717) is 16.5 Å². The first-order valence-corrected chi connectivity index (χ1v) is 6.78. The van der Waals surface area contributed by atoms with Crippen LogP contribution in [0.5, 0.6) is 11.5 Å². The Balaban J connectivity index is 2.17. The topological polar surface area (TPSA) is 64.4 Å². The molecule has 0 aromatic heterocycles. The predicted octanol–water partition coefficient (Wildman–Crippen LogP) is 4.32. The molecule has 0 fully saturated rings. The van der Waals surface area contributed by atoms with Gasteiger partial charge in [-0.05, 0) is 43.8 Å². The van der Waals surface area contributed by atoms with Crippen LogP contribution in [0, 0.1) is 10.1 Å². The molecule has 110 valence electrons. The SMILES string of the molecule is CNC(C)c1ccc(Oc2ccc([N+](=O)[O-])cc2)c(Cl)c1. The van der Waals surface area contributed by atoms with Crippen molar-refractivity contribution in [2.75, 3.05) is 7.05 Å². The number of hydrogen-bond acceptors (Lipinski definition) is 4. The molecule has 0 amide bonds. The number of halogens is 1. The number of hydrogen-bond donors (Lipinski definition) is 1. The lowest BCUT2D eigenvalue weighted by atomic mass is 10.1. The number of benzene rings is 2. The molecular formula is C15H15ClN2O3. The zero-order valence-corrected chi connectivity index (χ0v) is 12.4. The van der Waals surface area contributed by atoms with E-state index in [1.807, 2.05) is 26.1 Å². The molecule has 1 N–H and O–H groups in total.